The molecule has 218 valence electrons. The number of imide groups is 1. The third kappa shape index (κ3) is 8.91. The number of rotatable bonds is 14. The average molecular weight is 592 g/mol. The number of hydrogen-bond donors (Lipinski definition) is 2. The molecule has 0 aromatic carbocycles. The van der Waals surface area contributed by atoms with Crippen LogP contribution in [0.1, 0.15) is 32.4 Å². The lowest BCUT2D eigenvalue weighted by atomic mass is 10.2. The van der Waals surface area contributed by atoms with E-state index in [1.165, 1.54) is 16.7 Å². The second-order valence-corrected chi connectivity index (χ2v) is 10.9. The van der Waals surface area contributed by atoms with Crippen molar-refractivity contribution in [2.45, 2.75) is 49.5 Å². The number of ether oxygens (including phenoxy) is 2. The van der Waals surface area contributed by atoms with E-state index in [9.17, 15) is 14.4 Å². The highest BCUT2D eigenvalue weighted by molar-refractivity contribution is 8.18. The van der Waals surface area contributed by atoms with E-state index in [0.29, 0.717) is 47.3 Å². The number of hydrogen-bond acceptors (Lipinski definition) is 11. The van der Waals surface area contributed by atoms with Crippen molar-refractivity contribution < 1.29 is 28.3 Å². The number of nitrogens with zero attached hydrogens (tertiary/aromatic N) is 3. The fourth-order valence-electron chi connectivity index (χ4n) is 3.79. The van der Waals surface area contributed by atoms with Crippen LogP contribution in [0.3, 0.4) is 0 Å². The smallest absolute Gasteiger partial charge is 0.293 e. The highest BCUT2D eigenvalue weighted by Gasteiger charge is 2.36. The molecule has 0 atom stereocenters. The summed E-state index contributed by atoms with van der Waals surface area (Å²) in [6.45, 7) is 7.95. The molecule has 40 heavy (non-hydrogen) atoms. The molecule has 3 heterocycles. The fourth-order valence-corrected chi connectivity index (χ4v) is 5.61. The van der Waals surface area contributed by atoms with E-state index in [-0.39, 0.29) is 23.7 Å². The van der Waals surface area contributed by atoms with E-state index in [1.807, 2.05) is 11.6 Å². The van der Waals surface area contributed by atoms with E-state index in [2.05, 4.69) is 22.5 Å². The molecule has 2 amide bonds. The van der Waals surface area contributed by atoms with E-state index in [4.69, 9.17) is 19.6 Å². The van der Waals surface area contributed by atoms with Gasteiger partial charge in [-0.1, -0.05) is 12.2 Å². The van der Waals surface area contributed by atoms with Gasteiger partial charge in [0.1, 0.15) is 12.0 Å². The Labute approximate surface area is 242 Å². The Balaban J connectivity index is 0.000000342. The molecule has 2 aromatic heterocycles. The summed E-state index contributed by atoms with van der Waals surface area (Å²) in [4.78, 5) is 41.7. The molecule has 13 heteroatoms. The van der Waals surface area contributed by atoms with Gasteiger partial charge in [-0.05, 0) is 69.4 Å². The minimum absolute atomic E-state index is 0.188. The highest BCUT2D eigenvalue weighted by Crippen LogP contribution is 2.35. The van der Waals surface area contributed by atoms with Gasteiger partial charge in [0.2, 0.25) is 0 Å². The predicted molar refractivity (Wildman–Crippen MR) is 156 cm³/mol. The van der Waals surface area contributed by atoms with E-state index in [0.717, 1.165) is 54.7 Å². The van der Waals surface area contributed by atoms with Crippen LogP contribution in [0.4, 0.5) is 4.79 Å². The summed E-state index contributed by atoms with van der Waals surface area (Å²) in [6, 6.07) is 3.35. The molecular formula is C27H37N5O6S2. The normalized spacial score (nSPS) is 15.6. The maximum atomic E-state index is 12.4. The number of nitrogens with one attached hydrogen (secondary N) is 1. The van der Waals surface area contributed by atoms with Crippen LogP contribution in [0.15, 0.2) is 31.7 Å². The van der Waals surface area contributed by atoms with Crippen molar-refractivity contribution >= 4 is 59.2 Å². The second kappa shape index (κ2) is 16.6. The summed E-state index contributed by atoms with van der Waals surface area (Å²) >= 11 is 2.23. The Morgan fingerprint density at radius 3 is 2.60 bits per heavy atom. The molecule has 3 N–H and O–H groups in total. The van der Waals surface area contributed by atoms with Crippen molar-refractivity contribution in [1.82, 2.24) is 19.8 Å². The number of imidazole rings is 1. The minimum Gasteiger partial charge on any atom is -0.450 e. The standard InChI is InChI=1S/C20H19N3O4S2.C7H18N2O2/c1-12(2)23-18(25)16(28-20(23)26)11-13-7-8-17(27-13)29-19-21-14-5-3-4-6-15(14)22(19)9-10-24;1-9-3-5-11-7-6-10-4-2-8/h5-8,10-12H,3-4,9H2,1-2H3;9H,2-8H2,1H3/b16-11-;. The lowest BCUT2D eigenvalue weighted by Crippen LogP contribution is -2.34. The SMILES string of the molecule is CC(C)N1C(=O)S/C(=C\c2ccc(Sc3nc4c(n3CC=O)=CCCC=4)o2)C1=O.CNCCOCCOCCN. The van der Waals surface area contributed by atoms with Gasteiger partial charge in [0.15, 0.2) is 10.2 Å². The number of carbonyl (C=O) groups excluding carboxylic acids is 3. The number of aromatic nitrogens is 2. The van der Waals surface area contributed by atoms with Crippen molar-refractivity contribution in [1.29, 1.82) is 0 Å². The quantitative estimate of drug-likeness (QED) is 0.189. The monoisotopic (exact) mass is 591 g/mol. The van der Waals surface area contributed by atoms with Crippen LogP contribution < -0.4 is 21.7 Å². The molecule has 1 aliphatic carbocycles. The summed E-state index contributed by atoms with van der Waals surface area (Å²) in [7, 11) is 1.90. The van der Waals surface area contributed by atoms with Gasteiger partial charge in [0, 0.05) is 25.2 Å². The zero-order valence-corrected chi connectivity index (χ0v) is 24.7. The van der Waals surface area contributed by atoms with E-state index < -0.39 is 0 Å². The molecule has 4 rings (SSSR count). The Morgan fingerprint density at radius 1 is 1.18 bits per heavy atom. The number of likely N-dealkylation sites (N-methyl/N-ethyl adjacent to an activating group) is 1. The van der Waals surface area contributed by atoms with Gasteiger partial charge in [-0.3, -0.25) is 14.5 Å². The molecule has 11 nitrogen and oxygen atoms in total. The third-order valence-corrected chi connectivity index (χ3v) is 7.44. The Hall–Kier alpha value is -2.68. The number of nitrogens with two attached hydrogens (primary N) is 1. The van der Waals surface area contributed by atoms with Gasteiger partial charge in [0.25, 0.3) is 11.1 Å². The summed E-state index contributed by atoms with van der Waals surface area (Å²) in [5.41, 5.74) is 5.22. The summed E-state index contributed by atoms with van der Waals surface area (Å²) in [6.07, 6.45) is 8.46. The number of carbonyl (C=O) groups is 3. The van der Waals surface area contributed by atoms with Crippen LogP contribution in [0, 0.1) is 0 Å². The van der Waals surface area contributed by atoms with Gasteiger partial charge >= 0.3 is 0 Å². The van der Waals surface area contributed by atoms with Gasteiger partial charge in [-0.15, -0.1) is 0 Å². The maximum Gasteiger partial charge on any atom is 0.293 e. The van der Waals surface area contributed by atoms with Gasteiger partial charge in [0.05, 0.1) is 48.6 Å². The lowest BCUT2D eigenvalue weighted by molar-refractivity contribution is -0.123. The number of furan rings is 1. The van der Waals surface area contributed by atoms with Gasteiger partial charge < -0.3 is 34.3 Å². The molecule has 1 fully saturated rings. The van der Waals surface area contributed by atoms with Gasteiger partial charge in [-0.2, -0.15) is 0 Å². The first kappa shape index (κ1) is 31.8. The molecule has 2 aliphatic rings. The van der Waals surface area contributed by atoms with Crippen molar-refractivity contribution in [3.05, 3.63) is 33.5 Å². The van der Waals surface area contributed by atoms with Crippen LogP contribution in [0.2, 0.25) is 0 Å². The van der Waals surface area contributed by atoms with Crippen LogP contribution in [-0.2, 0) is 25.6 Å². The first-order chi connectivity index (χ1) is 19.4. The molecule has 0 unspecified atom stereocenters. The maximum absolute atomic E-state index is 12.4. The summed E-state index contributed by atoms with van der Waals surface area (Å²) in [5, 5.41) is 5.82. The lowest BCUT2D eigenvalue weighted by Gasteiger charge is -2.16. The molecule has 0 radical (unpaired) electrons. The molecule has 0 saturated carbocycles. The number of fused-ring (bicyclic) bond motifs is 1. The van der Waals surface area contributed by atoms with Crippen LogP contribution >= 0.6 is 23.5 Å². The van der Waals surface area contributed by atoms with Crippen LogP contribution in [0.25, 0.3) is 18.2 Å². The molecular weight excluding hydrogens is 554 g/mol. The zero-order chi connectivity index (χ0) is 28.9. The van der Waals surface area contributed by atoms with Crippen molar-refractivity contribution in [3.63, 3.8) is 0 Å². The zero-order valence-electron chi connectivity index (χ0n) is 23.1. The van der Waals surface area contributed by atoms with Crippen LogP contribution in [-0.4, -0.2) is 84.5 Å². The Morgan fingerprint density at radius 2 is 1.93 bits per heavy atom. The Bertz CT molecular complexity index is 1290. The third-order valence-electron chi connectivity index (χ3n) is 5.64. The largest absolute Gasteiger partial charge is 0.450 e. The molecule has 2 aromatic rings. The molecule has 0 bridgehead atoms. The van der Waals surface area contributed by atoms with E-state index >= 15 is 0 Å². The van der Waals surface area contributed by atoms with Crippen molar-refractivity contribution in [3.8, 4) is 0 Å². The fraction of sp³-hybridized carbons (Fsp3) is 0.481. The van der Waals surface area contributed by atoms with E-state index in [1.54, 1.807) is 32.1 Å². The number of amides is 2. The van der Waals surface area contributed by atoms with Crippen molar-refractivity contribution in [2.24, 2.45) is 5.73 Å². The molecule has 0 spiro atoms. The van der Waals surface area contributed by atoms with Crippen molar-refractivity contribution in [2.75, 3.05) is 46.6 Å². The number of aldehydes is 1. The molecule has 1 aliphatic heterocycles. The topological polar surface area (TPSA) is 142 Å². The van der Waals surface area contributed by atoms with Crippen LogP contribution in [0.5, 0.6) is 0 Å². The molecule has 1 saturated heterocycles. The summed E-state index contributed by atoms with van der Waals surface area (Å²) in [5.74, 6) is 0.180. The Kier molecular flexibility index (Phi) is 13.2. The first-order valence-electron chi connectivity index (χ1n) is 13.1. The second-order valence-electron chi connectivity index (χ2n) is 8.95. The number of thioether (sulfide) groups is 1. The minimum atomic E-state index is -0.305. The predicted octanol–water partition coefficient (Wildman–Crippen LogP) is 1.82. The average Bonchev–Trinajstić information content (AvgIpc) is 3.60. The summed E-state index contributed by atoms with van der Waals surface area (Å²) < 4.78 is 18.0. The highest BCUT2D eigenvalue weighted by atomic mass is 32.2. The first-order valence-corrected chi connectivity index (χ1v) is 14.8. The van der Waals surface area contributed by atoms with Gasteiger partial charge in [-0.25, -0.2) is 4.98 Å².